The van der Waals surface area contributed by atoms with Crippen molar-refractivity contribution in [2.24, 2.45) is 0 Å². The molecule has 0 saturated carbocycles. The van der Waals surface area contributed by atoms with Gasteiger partial charge in [0.25, 0.3) is 0 Å². The third-order valence-corrected chi connectivity index (χ3v) is 2.47. The monoisotopic (exact) mass is 276 g/mol. The molecule has 1 aromatic heterocycles. The van der Waals surface area contributed by atoms with Gasteiger partial charge in [-0.1, -0.05) is 18.2 Å². The highest BCUT2D eigenvalue weighted by Gasteiger charge is 2.26. The lowest BCUT2D eigenvalue weighted by Gasteiger charge is -2.14. The van der Waals surface area contributed by atoms with E-state index in [1.54, 1.807) is 30.3 Å². The van der Waals surface area contributed by atoms with E-state index >= 15 is 0 Å². The van der Waals surface area contributed by atoms with Crippen molar-refractivity contribution >= 4 is 5.97 Å². The molecule has 2 rings (SSSR count). The Balaban J connectivity index is 2.45. The molecule has 0 spiro atoms. The van der Waals surface area contributed by atoms with Gasteiger partial charge in [-0.2, -0.15) is 4.98 Å². The molecule has 0 aliphatic heterocycles. The van der Waals surface area contributed by atoms with Crippen LogP contribution in [0.5, 0.6) is 11.6 Å². The quantitative estimate of drug-likeness (QED) is 0.928. The van der Waals surface area contributed by atoms with Gasteiger partial charge in [-0.05, 0) is 26.0 Å². The number of nitrogens with zero attached hydrogens (tertiary/aromatic N) is 2. The fourth-order valence-corrected chi connectivity index (χ4v) is 1.48. The third kappa shape index (κ3) is 3.09. The zero-order chi connectivity index (χ0) is 14.8. The lowest BCUT2D eigenvalue weighted by molar-refractivity contribution is 0.0692. The van der Waals surface area contributed by atoms with Gasteiger partial charge >= 0.3 is 5.97 Å². The molecule has 0 saturated heterocycles. The number of hydrogen-bond acceptors (Lipinski definition) is 4. The number of alkyl halides is 1. The van der Waals surface area contributed by atoms with E-state index in [0.29, 0.717) is 5.75 Å². The van der Waals surface area contributed by atoms with E-state index in [2.05, 4.69) is 9.97 Å². The Morgan fingerprint density at radius 3 is 2.50 bits per heavy atom. The van der Waals surface area contributed by atoms with Crippen molar-refractivity contribution in [1.29, 1.82) is 0 Å². The molecule has 20 heavy (non-hydrogen) atoms. The molecule has 0 aliphatic rings. The number of ether oxygens (including phenoxy) is 1. The highest BCUT2D eigenvalue weighted by atomic mass is 19.1. The van der Waals surface area contributed by atoms with Crippen LogP contribution in [0, 0.1) is 0 Å². The number of hydrogen-bond donors (Lipinski definition) is 1. The van der Waals surface area contributed by atoms with Gasteiger partial charge in [0.2, 0.25) is 5.88 Å². The van der Waals surface area contributed by atoms with E-state index in [9.17, 15) is 9.18 Å². The van der Waals surface area contributed by atoms with E-state index < -0.39 is 11.6 Å². The summed E-state index contributed by atoms with van der Waals surface area (Å²) in [7, 11) is 0. The van der Waals surface area contributed by atoms with E-state index in [1.807, 2.05) is 0 Å². The zero-order valence-electron chi connectivity index (χ0n) is 11.0. The van der Waals surface area contributed by atoms with Crippen molar-refractivity contribution in [3.8, 4) is 11.6 Å². The van der Waals surface area contributed by atoms with Gasteiger partial charge in [0.15, 0.2) is 11.5 Å². The second kappa shape index (κ2) is 5.24. The fourth-order valence-electron chi connectivity index (χ4n) is 1.48. The molecule has 0 aliphatic carbocycles. The number of para-hydroxylation sites is 1. The number of carboxylic acid groups (broad SMARTS) is 1. The van der Waals surface area contributed by atoms with Crippen LogP contribution in [0.1, 0.15) is 30.0 Å². The minimum absolute atomic E-state index is 0.131. The minimum atomic E-state index is -1.79. The lowest BCUT2D eigenvalue weighted by Crippen LogP contribution is -2.16. The van der Waals surface area contributed by atoms with Gasteiger partial charge in [-0.15, -0.1) is 0 Å². The maximum atomic E-state index is 13.8. The van der Waals surface area contributed by atoms with Crippen molar-refractivity contribution in [3.63, 3.8) is 0 Å². The van der Waals surface area contributed by atoms with Crippen LogP contribution in [0.2, 0.25) is 0 Å². The normalized spacial score (nSPS) is 11.2. The largest absolute Gasteiger partial charge is 0.477 e. The Morgan fingerprint density at radius 2 is 1.95 bits per heavy atom. The first-order chi connectivity index (χ1) is 9.38. The summed E-state index contributed by atoms with van der Waals surface area (Å²) in [6.45, 7) is 2.57. The molecule has 0 radical (unpaired) electrons. The molecular formula is C14H13FN2O3. The first-order valence-corrected chi connectivity index (χ1v) is 5.90. The van der Waals surface area contributed by atoms with E-state index in [-0.39, 0.29) is 17.3 Å². The van der Waals surface area contributed by atoms with Crippen molar-refractivity contribution in [2.75, 3.05) is 0 Å². The molecule has 5 nitrogen and oxygen atoms in total. The van der Waals surface area contributed by atoms with Crippen LogP contribution in [-0.2, 0) is 5.67 Å². The Hall–Kier alpha value is -2.50. The molecule has 0 bridgehead atoms. The van der Waals surface area contributed by atoms with Gasteiger partial charge in [0.05, 0.1) is 0 Å². The minimum Gasteiger partial charge on any atom is -0.477 e. The van der Waals surface area contributed by atoms with Crippen LogP contribution in [-0.4, -0.2) is 21.0 Å². The maximum absolute atomic E-state index is 13.8. The zero-order valence-corrected chi connectivity index (χ0v) is 11.0. The second-order valence-corrected chi connectivity index (χ2v) is 4.61. The van der Waals surface area contributed by atoms with E-state index in [1.165, 1.54) is 13.8 Å². The summed E-state index contributed by atoms with van der Waals surface area (Å²) >= 11 is 0. The highest BCUT2D eigenvalue weighted by molar-refractivity contribution is 5.89. The smallest absolute Gasteiger partial charge is 0.342 e. The summed E-state index contributed by atoms with van der Waals surface area (Å²) in [5.74, 6) is -1.14. The van der Waals surface area contributed by atoms with Crippen LogP contribution in [0.3, 0.4) is 0 Å². The first kappa shape index (κ1) is 13.9. The summed E-state index contributed by atoms with van der Waals surface area (Å²) in [6, 6.07) is 8.55. The molecular weight excluding hydrogens is 263 g/mol. The van der Waals surface area contributed by atoms with Gasteiger partial charge in [-0.3, -0.25) is 0 Å². The molecule has 104 valence electrons. The van der Waals surface area contributed by atoms with Crippen molar-refractivity contribution in [3.05, 3.63) is 47.9 Å². The Labute approximate surface area is 115 Å². The van der Waals surface area contributed by atoms with Crippen LogP contribution in [0.15, 0.2) is 36.5 Å². The number of aromatic nitrogens is 2. The summed E-state index contributed by atoms with van der Waals surface area (Å²) in [5.41, 5.74) is -2.01. The van der Waals surface area contributed by atoms with Gasteiger partial charge in [0, 0.05) is 6.20 Å². The van der Waals surface area contributed by atoms with Gasteiger partial charge in [-0.25, -0.2) is 14.2 Å². The number of halogens is 1. The molecule has 0 fully saturated rings. The average Bonchev–Trinajstić information content (AvgIpc) is 2.38. The molecule has 0 amide bonds. The number of rotatable bonds is 4. The third-order valence-electron chi connectivity index (χ3n) is 2.47. The maximum Gasteiger partial charge on any atom is 0.342 e. The van der Waals surface area contributed by atoms with Crippen LogP contribution in [0.25, 0.3) is 0 Å². The van der Waals surface area contributed by atoms with Gasteiger partial charge in [0.1, 0.15) is 11.3 Å². The first-order valence-electron chi connectivity index (χ1n) is 5.90. The molecule has 6 heteroatoms. The summed E-state index contributed by atoms with van der Waals surface area (Å²) in [5, 5.41) is 9.08. The topological polar surface area (TPSA) is 72.3 Å². The Kier molecular flexibility index (Phi) is 3.65. The molecule has 2 aromatic rings. The fraction of sp³-hybridized carbons (Fsp3) is 0.214. The number of aromatic carboxylic acids is 1. The predicted octanol–water partition coefficient (Wildman–Crippen LogP) is 3.17. The van der Waals surface area contributed by atoms with E-state index in [4.69, 9.17) is 9.84 Å². The number of benzene rings is 1. The van der Waals surface area contributed by atoms with Crippen molar-refractivity contribution in [1.82, 2.24) is 9.97 Å². The standard InChI is InChI=1S/C14H13FN2O3/c1-14(2,15)13-16-8-10(12(18)19)11(17-13)20-9-6-4-3-5-7-9/h3-8H,1-2H3,(H,18,19). The summed E-state index contributed by atoms with van der Waals surface area (Å²) in [6.07, 6.45) is 1.05. The molecule has 1 heterocycles. The molecule has 1 aromatic carbocycles. The number of carboxylic acids is 1. The van der Waals surface area contributed by atoms with Crippen molar-refractivity contribution in [2.45, 2.75) is 19.5 Å². The van der Waals surface area contributed by atoms with E-state index in [0.717, 1.165) is 6.20 Å². The summed E-state index contributed by atoms with van der Waals surface area (Å²) < 4.78 is 19.3. The molecule has 0 atom stereocenters. The lowest BCUT2D eigenvalue weighted by atomic mass is 10.1. The van der Waals surface area contributed by atoms with Crippen LogP contribution < -0.4 is 4.74 Å². The van der Waals surface area contributed by atoms with Gasteiger partial charge < -0.3 is 9.84 Å². The Bertz CT molecular complexity index is 624. The van der Waals surface area contributed by atoms with Crippen LogP contribution in [0.4, 0.5) is 4.39 Å². The average molecular weight is 276 g/mol. The highest BCUT2D eigenvalue weighted by Crippen LogP contribution is 2.27. The summed E-state index contributed by atoms with van der Waals surface area (Å²) in [4.78, 5) is 18.7. The molecule has 1 N–H and O–H groups in total. The predicted molar refractivity (Wildman–Crippen MR) is 69.6 cm³/mol. The van der Waals surface area contributed by atoms with Crippen molar-refractivity contribution < 1.29 is 19.0 Å². The second-order valence-electron chi connectivity index (χ2n) is 4.61. The Morgan fingerprint density at radius 1 is 1.30 bits per heavy atom. The van der Waals surface area contributed by atoms with Crippen LogP contribution >= 0.6 is 0 Å². The SMILES string of the molecule is CC(C)(F)c1ncc(C(=O)O)c(Oc2ccccc2)n1. The number of carbonyl (C=O) groups is 1. The molecule has 0 unspecified atom stereocenters.